The molecule has 4 nitrogen and oxygen atoms in total. The van der Waals surface area contributed by atoms with Crippen LogP contribution in [-0.2, 0) is 12.8 Å². The number of thiophene rings is 1. The Morgan fingerprint density at radius 1 is 0.963 bits per heavy atom. The van der Waals surface area contributed by atoms with Crippen LogP contribution in [0.1, 0.15) is 51.4 Å². The largest absolute Gasteiger partial charge is 0.370 e. The van der Waals surface area contributed by atoms with Gasteiger partial charge in [-0.1, -0.05) is 6.42 Å². The Hall–Kier alpha value is -2.32. The molecule has 1 aliphatic carbocycles. The number of anilines is 1. The summed E-state index contributed by atoms with van der Waals surface area (Å²) >= 11 is 1.72. The summed E-state index contributed by atoms with van der Waals surface area (Å²) in [6, 6.07) is 12.1. The van der Waals surface area contributed by atoms with Gasteiger partial charge in [0.05, 0.1) is 16.5 Å². The molecular formula is C22H25N3OS. The lowest BCUT2D eigenvalue weighted by atomic mass is 10.1. The third kappa shape index (κ3) is 4.01. The number of benzene rings is 1. The molecule has 0 atom stereocenters. The summed E-state index contributed by atoms with van der Waals surface area (Å²) < 4.78 is 0. The van der Waals surface area contributed by atoms with E-state index in [1.807, 2.05) is 29.2 Å². The summed E-state index contributed by atoms with van der Waals surface area (Å²) in [7, 11) is 0. The van der Waals surface area contributed by atoms with Gasteiger partial charge in [-0.05, 0) is 68.0 Å². The number of rotatable bonds is 2. The van der Waals surface area contributed by atoms with E-state index in [-0.39, 0.29) is 5.91 Å². The van der Waals surface area contributed by atoms with Crippen LogP contribution in [0.3, 0.4) is 0 Å². The molecular weight excluding hydrogens is 354 g/mol. The van der Waals surface area contributed by atoms with Crippen molar-refractivity contribution in [1.29, 1.82) is 5.26 Å². The predicted octanol–water partition coefficient (Wildman–Crippen LogP) is 4.24. The van der Waals surface area contributed by atoms with Crippen LogP contribution in [0.5, 0.6) is 0 Å². The van der Waals surface area contributed by atoms with Crippen LogP contribution in [0.15, 0.2) is 30.3 Å². The number of hydrogen-bond acceptors (Lipinski definition) is 4. The van der Waals surface area contributed by atoms with Crippen molar-refractivity contribution in [1.82, 2.24) is 4.90 Å². The molecule has 0 unspecified atom stereocenters. The van der Waals surface area contributed by atoms with Crippen molar-refractivity contribution in [2.24, 2.45) is 0 Å². The quantitative estimate of drug-likeness (QED) is 0.733. The van der Waals surface area contributed by atoms with Crippen molar-refractivity contribution in [2.75, 3.05) is 31.1 Å². The van der Waals surface area contributed by atoms with E-state index in [1.54, 1.807) is 11.3 Å². The van der Waals surface area contributed by atoms with Gasteiger partial charge in [-0.2, -0.15) is 5.26 Å². The Balaban J connectivity index is 1.43. The van der Waals surface area contributed by atoms with Gasteiger partial charge in [0.2, 0.25) is 0 Å². The van der Waals surface area contributed by atoms with E-state index in [2.05, 4.69) is 17.0 Å². The van der Waals surface area contributed by atoms with E-state index in [4.69, 9.17) is 5.26 Å². The van der Waals surface area contributed by atoms with Crippen molar-refractivity contribution in [3.05, 3.63) is 51.2 Å². The summed E-state index contributed by atoms with van der Waals surface area (Å²) in [5, 5.41) is 8.96. The molecule has 1 amide bonds. The Morgan fingerprint density at radius 3 is 2.59 bits per heavy atom. The number of nitrogens with zero attached hydrogens (tertiary/aromatic N) is 3. The van der Waals surface area contributed by atoms with E-state index >= 15 is 0 Å². The SMILES string of the molecule is N#Cc1ccc(N2CCCN(C(=O)c3cc4c(s3)CCCCC4)CC2)cc1. The minimum atomic E-state index is 0.203. The van der Waals surface area contributed by atoms with Crippen molar-refractivity contribution >= 4 is 22.9 Å². The minimum absolute atomic E-state index is 0.203. The summed E-state index contributed by atoms with van der Waals surface area (Å²) in [4.78, 5) is 19.8. The number of nitriles is 1. The summed E-state index contributed by atoms with van der Waals surface area (Å²) in [5.74, 6) is 0.203. The third-order valence-corrected chi connectivity index (χ3v) is 6.83. The van der Waals surface area contributed by atoms with Gasteiger partial charge in [0.15, 0.2) is 0 Å². The van der Waals surface area contributed by atoms with Gasteiger partial charge < -0.3 is 9.80 Å². The molecule has 1 aromatic heterocycles. The number of carbonyl (C=O) groups is 1. The first-order valence-electron chi connectivity index (χ1n) is 9.90. The number of carbonyl (C=O) groups excluding carboxylic acids is 1. The van der Waals surface area contributed by atoms with Gasteiger partial charge in [0.25, 0.3) is 5.91 Å². The van der Waals surface area contributed by atoms with Crippen molar-refractivity contribution < 1.29 is 4.79 Å². The fourth-order valence-corrected chi connectivity index (χ4v) is 5.28. The van der Waals surface area contributed by atoms with Crippen LogP contribution in [-0.4, -0.2) is 37.0 Å². The van der Waals surface area contributed by atoms with E-state index < -0.39 is 0 Å². The Morgan fingerprint density at radius 2 is 1.78 bits per heavy atom. The molecule has 2 heterocycles. The van der Waals surface area contributed by atoms with Crippen LogP contribution in [0.4, 0.5) is 5.69 Å². The van der Waals surface area contributed by atoms with Gasteiger partial charge in [0.1, 0.15) is 0 Å². The summed E-state index contributed by atoms with van der Waals surface area (Å²) in [6.07, 6.45) is 7.05. The maximum absolute atomic E-state index is 13.1. The second-order valence-electron chi connectivity index (χ2n) is 7.41. The Kier molecular flexibility index (Phi) is 5.45. The Labute approximate surface area is 165 Å². The average Bonchev–Trinajstić information content (AvgIpc) is 2.87. The van der Waals surface area contributed by atoms with Gasteiger partial charge in [-0.3, -0.25) is 4.79 Å². The van der Waals surface area contributed by atoms with Gasteiger partial charge in [-0.25, -0.2) is 0 Å². The molecule has 140 valence electrons. The number of hydrogen-bond donors (Lipinski definition) is 0. The molecule has 1 aliphatic heterocycles. The number of fused-ring (bicyclic) bond motifs is 1. The molecule has 0 bridgehead atoms. The van der Waals surface area contributed by atoms with Gasteiger partial charge in [0, 0.05) is 36.7 Å². The van der Waals surface area contributed by atoms with E-state index in [0.29, 0.717) is 5.56 Å². The smallest absolute Gasteiger partial charge is 0.263 e. The first-order chi connectivity index (χ1) is 13.2. The van der Waals surface area contributed by atoms with E-state index in [9.17, 15) is 4.79 Å². The molecule has 0 N–H and O–H groups in total. The second-order valence-corrected chi connectivity index (χ2v) is 8.55. The normalized spacial score (nSPS) is 17.6. The highest BCUT2D eigenvalue weighted by Crippen LogP contribution is 2.30. The standard InChI is InChI=1S/C22H25N3OS/c23-16-17-7-9-19(10-8-17)24-11-4-12-25(14-13-24)22(26)21-15-18-5-2-1-3-6-20(18)27-21/h7-10,15H,1-6,11-14H2. The van der Waals surface area contributed by atoms with Gasteiger partial charge in [-0.15, -0.1) is 11.3 Å². The zero-order chi connectivity index (χ0) is 18.6. The maximum Gasteiger partial charge on any atom is 0.263 e. The fourth-order valence-electron chi connectivity index (χ4n) is 4.05. The zero-order valence-electron chi connectivity index (χ0n) is 15.6. The third-order valence-electron chi connectivity index (χ3n) is 5.60. The van der Waals surface area contributed by atoms with E-state index in [1.165, 1.54) is 29.7 Å². The highest BCUT2D eigenvalue weighted by atomic mass is 32.1. The number of aryl methyl sites for hydroxylation is 2. The monoisotopic (exact) mass is 379 g/mol. The molecule has 4 rings (SSSR count). The molecule has 0 spiro atoms. The first kappa shape index (κ1) is 18.1. The molecule has 0 radical (unpaired) electrons. The highest BCUT2D eigenvalue weighted by molar-refractivity contribution is 7.14. The van der Waals surface area contributed by atoms with Crippen LogP contribution >= 0.6 is 11.3 Å². The Bertz CT molecular complexity index is 826. The lowest BCUT2D eigenvalue weighted by Crippen LogP contribution is -2.34. The van der Waals surface area contributed by atoms with Crippen molar-refractivity contribution in [2.45, 2.75) is 38.5 Å². The molecule has 0 saturated carbocycles. The molecule has 2 aromatic rings. The van der Waals surface area contributed by atoms with Gasteiger partial charge >= 0.3 is 0 Å². The molecule has 1 saturated heterocycles. The molecule has 1 fully saturated rings. The van der Waals surface area contributed by atoms with E-state index in [0.717, 1.165) is 56.0 Å². The van der Waals surface area contributed by atoms with Crippen LogP contribution in [0, 0.1) is 11.3 Å². The highest BCUT2D eigenvalue weighted by Gasteiger charge is 2.23. The minimum Gasteiger partial charge on any atom is -0.370 e. The maximum atomic E-state index is 13.1. The molecule has 1 aromatic carbocycles. The lowest BCUT2D eigenvalue weighted by molar-refractivity contribution is 0.0772. The fraction of sp³-hybridized carbons (Fsp3) is 0.455. The number of amides is 1. The van der Waals surface area contributed by atoms with Crippen molar-refractivity contribution in [3.63, 3.8) is 0 Å². The molecule has 27 heavy (non-hydrogen) atoms. The summed E-state index contributed by atoms with van der Waals surface area (Å²) in [6.45, 7) is 3.34. The van der Waals surface area contributed by atoms with Crippen molar-refractivity contribution in [3.8, 4) is 6.07 Å². The zero-order valence-corrected chi connectivity index (χ0v) is 16.4. The molecule has 5 heteroatoms. The molecule has 2 aliphatic rings. The second kappa shape index (κ2) is 8.14. The lowest BCUT2D eigenvalue weighted by Gasteiger charge is -2.23. The van der Waals surface area contributed by atoms with Crippen LogP contribution in [0.2, 0.25) is 0 Å². The van der Waals surface area contributed by atoms with Crippen LogP contribution in [0.25, 0.3) is 0 Å². The predicted molar refractivity (Wildman–Crippen MR) is 109 cm³/mol. The summed E-state index contributed by atoms with van der Waals surface area (Å²) in [5.41, 5.74) is 3.23. The average molecular weight is 380 g/mol. The van der Waals surface area contributed by atoms with Crippen LogP contribution < -0.4 is 4.90 Å². The topological polar surface area (TPSA) is 47.3 Å². The first-order valence-corrected chi connectivity index (χ1v) is 10.7.